The van der Waals surface area contributed by atoms with Gasteiger partial charge in [0, 0.05) is 6.61 Å². The number of hydrogen-bond acceptors (Lipinski definition) is 5. The molecule has 0 aliphatic carbocycles. The summed E-state index contributed by atoms with van der Waals surface area (Å²) in [5.74, 6) is 1.02. The van der Waals surface area contributed by atoms with Crippen LogP contribution in [0.2, 0.25) is 0 Å². The van der Waals surface area contributed by atoms with E-state index in [1.807, 2.05) is 13.8 Å². The zero-order chi connectivity index (χ0) is 12.3. The molecule has 0 bridgehead atoms. The van der Waals surface area contributed by atoms with E-state index in [2.05, 4.69) is 30.9 Å². The Morgan fingerprint density at radius 2 is 2.06 bits per heavy atom. The summed E-state index contributed by atoms with van der Waals surface area (Å²) in [5, 5.41) is 3.93. The molecular formula is C11H21N3O2. The van der Waals surface area contributed by atoms with Crippen LogP contribution in [-0.2, 0) is 4.74 Å². The third kappa shape index (κ3) is 3.02. The molecule has 5 heteroatoms. The first kappa shape index (κ1) is 13.1. The normalized spacial score (nSPS) is 16.1. The molecule has 5 nitrogen and oxygen atoms in total. The summed E-state index contributed by atoms with van der Waals surface area (Å²) in [7, 11) is 0. The molecule has 1 rings (SSSR count). The van der Waals surface area contributed by atoms with E-state index < -0.39 is 0 Å². The molecule has 0 saturated heterocycles. The number of hydrogen-bond donors (Lipinski definition) is 1. The van der Waals surface area contributed by atoms with Crippen molar-refractivity contribution >= 4 is 0 Å². The second-order valence-corrected chi connectivity index (χ2v) is 4.98. The topological polar surface area (TPSA) is 74.2 Å². The summed E-state index contributed by atoms with van der Waals surface area (Å²) in [6, 6.07) is -0.247. The highest BCUT2D eigenvalue weighted by Crippen LogP contribution is 2.34. The number of nitrogens with two attached hydrogens (primary N) is 1. The van der Waals surface area contributed by atoms with Gasteiger partial charge in [0.05, 0.1) is 6.04 Å². The summed E-state index contributed by atoms with van der Waals surface area (Å²) in [6.07, 6.45) is -0.172. The van der Waals surface area contributed by atoms with Gasteiger partial charge in [-0.05, 0) is 19.3 Å². The van der Waals surface area contributed by atoms with Crippen LogP contribution in [0.15, 0.2) is 4.52 Å². The largest absolute Gasteiger partial charge is 0.370 e. The molecular weight excluding hydrogens is 206 g/mol. The molecule has 2 N–H and O–H groups in total. The Labute approximate surface area is 96.4 Å². The van der Waals surface area contributed by atoms with Crippen molar-refractivity contribution in [1.29, 1.82) is 0 Å². The van der Waals surface area contributed by atoms with Gasteiger partial charge in [0.2, 0.25) is 11.7 Å². The molecule has 0 spiro atoms. The Kier molecular flexibility index (Phi) is 4.04. The van der Waals surface area contributed by atoms with Gasteiger partial charge in [0.1, 0.15) is 6.10 Å². The number of rotatable bonds is 4. The predicted octanol–water partition coefficient (Wildman–Crippen LogP) is 2.21. The zero-order valence-electron chi connectivity index (χ0n) is 10.7. The number of ether oxygens (including phenoxy) is 1. The van der Waals surface area contributed by atoms with E-state index in [1.54, 1.807) is 0 Å². The summed E-state index contributed by atoms with van der Waals surface area (Å²) in [5.41, 5.74) is 5.60. The van der Waals surface area contributed by atoms with E-state index in [9.17, 15) is 0 Å². The lowest BCUT2D eigenvalue weighted by Gasteiger charge is -2.27. The molecule has 16 heavy (non-hydrogen) atoms. The first-order valence-electron chi connectivity index (χ1n) is 5.57. The Morgan fingerprint density at radius 1 is 1.44 bits per heavy atom. The van der Waals surface area contributed by atoms with Crippen LogP contribution in [0.4, 0.5) is 0 Å². The standard InChI is InChI=1S/C11H21N3O2/c1-6-15-8(11(3,4)5)9-13-10(7(2)12)16-14-9/h7-8H,6,12H2,1-5H3/t7-,8?/m1/s1. The monoisotopic (exact) mass is 227 g/mol. The lowest BCUT2D eigenvalue weighted by atomic mass is 9.88. The molecule has 0 saturated carbocycles. The summed E-state index contributed by atoms with van der Waals surface area (Å²) in [6.45, 7) is 10.6. The fraction of sp³-hybridized carbons (Fsp3) is 0.818. The molecule has 0 amide bonds. The molecule has 1 heterocycles. The first-order chi connectivity index (χ1) is 7.36. The van der Waals surface area contributed by atoms with Crippen molar-refractivity contribution in [1.82, 2.24) is 10.1 Å². The molecule has 0 aliphatic rings. The average Bonchev–Trinajstić information content (AvgIpc) is 2.60. The first-order valence-corrected chi connectivity index (χ1v) is 5.57. The van der Waals surface area contributed by atoms with Gasteiger partial charge < -0.3 is 15.0 Å². The van der Waals surface area contributed by atoms with Gasteiger partial charge in [-0.15, -0.1) is 0 Å². The van der Waals surface area contributed by atoms with E-state index in [1.165, 1.54) is 0 Å². The highest BCUT2D eigenvalue weighted by molar-refractivity contribution is 4.98. The Morgan fingerprint density at radius 3 is 2.44 bits per heavy atom. The smallest absolute Gasteiger partial charge is 0.243 e. The van der Waals surface area contributed by atoms with E-state index in [0.717, 1.165) is 0 Å². The van der Waals surface area contributed by atoms with Gasteiger partial charge >= 0.3 is 0 Å². The van der Waals surface area contributed by atoms with E-state index in [0.29, 0.717) is 18.3 Å². The molecule has 1 aromatic heterocycles. The number of nitrogens with zero attached hydrogens (tertiary/aromatic N) is 2. The van der Waals surface area contributed by atoms with Gasteiger partial charge in [-0.2, -0.15) is 4.98 Å². The van der Waals surface area contributed by atoms with Crippen molar-refractivity contribution in [3.05, 3.63) is 11.7 Å². The quantitative estimate of drug-likeness (QED) is 0.853. The van der Waals surface area contributed by atoms with Crippen molar-refractivity contribution in [3.63, 3.8) is 0 Å². The Bertz CT molecular complexity index is 328. The van der Waals surface area contributed by atoms with Gasteiger partial charge in [-0.1, -0.05) is 25.9 Å². The SMILES string of the molecule is CCOC(c1noc([C@@H](C)N)n1)C(C)(C)C. The highest BCUT2D eigenvalue weighted by atomic mass is 16.5. The van der Waals surface area contributed by atoms with Crippen molar-refractivity contribution in [2.45, 2.75) is 46.8 Å². The van der Waals surface area contributed by atoms with Gasteiger partial charge in [-0.25, -0.2) is 0 Å². The molecule has 92 valence electrons. The van der Waals surface area contributed by atoms with Crippen molar-refractivity contribution < 1.29 is 9.26 Å². The minimum absolute atomic E-state index is 0.0744. The van der Waals surface area contributed by atoms with E-state index in [-0.39, 0.29) is 17.6 Å². The fourth-order valence-electron chi connectivity index (χ4n) is 1.42. The van der Waals surface area contributed by atoms with Crippen molar-refractivity contribution in [2.24, 2.45) is 11.1 Å². The van der Waals surface area contributed by atoms with Gasteiger partial charge in [0.15, 0.2) is 0 Å². The Hall–Kier alpha value is -0.940. The third-order valence-electron chi connectivity index (χ3n) is 2.20. The van der Waals surface area contributed by atoms with Crippen LogP contribution in [0.1, 0.15) is 58.5 Å². The molecule has 0 aliphatic heterocycles. The molecule has 1 unspecified atom stereocenters. The maximum absolute atomic E-state index is 5.67. The van der Waals surface area contributed by atoms with Crippen LogP contribution in [-0.4, -0.2) is 16.7 Å². The van der Waals surface area contributed by atoms with Gasteiger partial charge in [0.25, 0.3) is 0 Å². The maximum Gasteiger partial charge on any atom is 0.243 e. The molecule has 0 aromatic carbocycles. The van der Waals surface area contributed by atoms with Crippen LogP contribution in [0, 0.1) is 5.41 Å². The van der Waals surface area contributed by atoms with E-state index in [4.69, 9.17) is 15.0 Å². The summed E-state index contributed by atoms with van der Waals surface area (Å²) < 4.78 is 10.7. The number of aromatic nitrogens is 2. The fourth-order valence-corrected chi connectivity index (χ4v) is 1.42. The van der Waals surface area contributed by atoms with Crippen LogP contribution in [0.3, 0.4) is 0 Å². The predicted molar refractivity (Wildman–Crippen MR) is 60.7 cm³/mol. The van der Waals surface area contributed by atoms with Crippen molar-refractivity contribution in [3.8, 4) is 0 Å². The lowest BCUT2D eigenvalue weighted by molar-refractivity contribution is -0.0203. The highest BCUT2D eigenvalue weighted by Gasteiger charge is 2.31. The summed E-state index contributed by atoms with van der Waals surface area (Å²) >= 11 is 0. The molecule has 1 aromatic rings. The minimum atomic E-state index is -0.247. The minimum Gasteiger partial charge on any atom is -0.370 e. The second kappa shape index (κ2) is 4.93. The second-order valence-electron chi connectivity index (χ2n) is 4.98. The van der Waals surface area contributed by atoms with Crippen LogP contribution >= 0.6 is 0 Å². The van der Waals surface area contributed by atoms with Crippen LogP contribution in [0.5, 0.6) is 0 Å². The van der Waals surface area contributed by atoms with Crippen LogP contribution < -0.4 is 5.73 Å². The Balaban J connectivity index is 2.93. The maximum atomic E-state index is 5.67. The molecule has 0 radical (unpaired) electrons. The van der Waals surface area contributed by atoms with E-state index >= 15 is 0 Å². The summed E-state index contributed by atoms with van der Waals surface area (Å²) in [4.78, 5) is 4.27. The average molecular weight is 227 g/mol. The third-order valence-corrected chi connectivity index (χ3v) is 2.20. The zero-order valence-corrected chi connectivity index (χ0v) is 10.7. The van der Waals surface area contributed by atoms with Crippen molar-refractivity contribution in [2.75, 3.05) is 6.61 Å². The lowest BCUT2D eigenvalue weighted by Crippen LogP contribution is -2.22. The molecule has 2 atom stereocenters. The van der Waals surface area contributed by atoms with Crippen LogP contribution in [0.25, 0.3) is 0 Å². The van der Waals surface area contributed by atoms with Gasteiger partial charge in [-0.3, -0.25) is 0 Å². The molecule has 0 fully saturated rings.